The van der Waals surface area contributed by atoms with Gasteiger partial charge in [0, 0.05) is 31.9 Å². The number of para-hydroxylation sites is 2. The lowest BCUT2D eigenvalue weighted by atomic mass is 10.1. The molecule has 1 aliphatic rings. The molecule has 2 aromatic carbocycles. The van der Waals surface area contributed by atoms with Crippen molar-refractivity contribution in [3.8, 4) is 5.75 Å². The second-order valence-electron chi connectivity index (χ2n) is 6.91. The van der Waals surface area contributed by atoms with E-state index in [2.05, 4.69) is 52.8 Å². The summed E-state index contributed by atoms with van der Waals surface area (Å²) in [6.07, 6.45) is 0.874. The number of halogens is 1. The van der Waals surface area contributed by atoms with Gasteiger partial charge in [0.2, 0.25) is 0 Å². The number of hydrogen-bond donors (Lipinski definition) is 2. The number of guanidine groups is 1. The molecule has 2 aromatic rings. The molecule has 0 unspecified atom stereocenters. The van der Waals surface area contributed by atoms with Crippen molar-refractivity contribution in [2.24, 2.45) is 4.99 Å². The van der Waals surface area contributed by atoms with Crippen molar-refractivity contribution in [2.75, 3.05) is 51.4 Å². The molecule has 0 radical (unpaired) electrons. The number of ether oxygens (including phenoxy) is 2. The zero-order valence-corrected chi connectivity index (χ0v) is 20.2. The van der Waals surface area contributed by atoms with Crippen LogP contribution in [0.3, 0.4) is 0 Å². The Morgan fingerprint density at radius 3 is 2.47 bits per heavy atom. The van der Waals surface area contributed by atoms with Crippen LogP contribution < -0.4 is 20.3 Å². The summed E-state index contributed by atoms with van der Waals surface area (Å²) < 4.78 is 10.9. The van der Waals surface area contributed by atoms with Gasteiger partial charge in [0.1, 0.15) is 5.75 Å². The number of methoxy groups -OCH3 is 1. The van der Waals surface area contributed by atoms with Crippen molar-refractivity contribution in [1.29, 1.82) is 0 Å². The van der Waals surface area contributed by atoms with Gasteiger partial charge >= 0.3 is 0 Å². The second kappa shape index (κ2) is 13.3. The minimum atomic E-state index is 0. The normalized spacial score (nSPS) is 14.1. The average Bonchev–Trinajstić information content (AvgIpc) is 2.78. The van der Waals surface area contributed by atoms with Crippen LogP contribution in [-0.2, 0) is 17.7 Å². The lowest BCUT2D eigenvalue weighted by molar-refractivity contribution is 0.122. The van der Waals surface area contributed by atoms with Gasteiger partial charge in [-0.05, 0) is 36.6 Å². The Hall–Kier alpha value is -2.00. The van der Waals surface area contributed by atoms with Crippen molar-refractivity contribution < 1.29 is 9.47 Å². The molecule has 0 bridgehead atoms. The van der Waals surface area contributed by atoms with Crippen LogP contribution in [-0.4, -0.2) is 52.5 Å². The first kappa shape index (κ1) is 24.3. The third kappa shape index (κ3) is 7.05. The van der Waals surface area contributed by atoms with Gasteiger partial charge in [-0.2, -0.15) is 0 Å². The van der Waals surface area contributed by atoms with Gasteiger partial charge in [0.25, 0.3) is 0 Å². The lowest BCUT2D eigenvalue weighted by Crippen LogP contribution is -2.38. The highest BCUT2D eigenvalue weighted by Gasteiger charge is 2.14. The van der Waals surface area contributed by atoms with Crippen molar-refractivity contribution in [3.63, 3.8) is 0 Å². The predicted molar refractivity (Wildman–Crippen MR) is 134 cm³/mol. The Morgan fingerprint density at radius 2 is 1.73 bits per heavy atom. The molecule has 0 spiro atoms. The molecule has 164 valence electrons. The number of benzene rings is 2. The molecule has 0 atom stereocenters. The maximum atomic E-state index is 5.49. The number of anilines is 1. The minimum Gasteiger partial charge on any atom is -0.496 e. The van der Waals surface area contributed by atoms with E-state index in [1.54, 1.807) is 7.11 Å². The number of hydrogen-bond acceptors (Lipinski definition) is 4. The van der Waals surface area contributed by atoms with Gasteiger partial charge < -0.3 is 25.0 Å². The lowest BCUT2D eigenvalue weighted by Gasteiger charge is -2.30. The Bertz CT molecular complexity index is 794. The Kier molecular flexibility index (Phi) is 10.8. The molecule has 0 amide bonds. The van der Waals surface area contributed by atoms with E-state index in [0.29, 0.717) is 6.54 Å². The van der Waals surface area contributed by atoms with E-state index in [9.17, 15) is 0 Å². The molecule has 0 aliphatic carbocycles. The van der Waals surface area contributed by atoms with Crippen LogP contribution in [0.15, 0.2) is 53.5 Å². The van der Waals surface area contributed by atoms with Crippen LogP contribution >= 0.6 is 24.0 Å². The van der Waals surface area contributed by atoms with E-state index in [1.807, 2.05) is 18.2 Å². The summed E-state index contributed by atoms with van der Waals surface area (Å²) in [5, 5.41) is 6.78. The first-order valence-electron chi connectivity index (χ1n) is 10.4. The van der Waals surface area contributed by atoms with E-state index in [4.69, 9.17) is 14.5 Å². The standard InChI is InChI=1S/C23H32N4O2.HI/c1-3-24-23(25-13-12-19-8-5-7-11-22(19)28-2)26-18-20-9-4-6-10-21(20)27-14-16-29-17-15-27;/h4-11H,3,12-18H2,1-2H3,(H2,24,25,26);1H. The summed E-state index contributed by atoms with van der Waals surface area (Å²) in [4.78, 5) is 7.20. The predicted octanol–water partition coefficient (Wildman–Crippen LogP) is 3.45. The number of rotatable bonds is 8. The smallest absolute Gasteiger partial charge is 0.191 e. The molecule has 7 heteroatoms. The Morgan fingerprint density at radius 1 is 1.03 bits per heavy atom. The summed E-state index contributed by atoms with van der Waals surface area (Å²) in [7, 11) is 1.71. The van der Waals surface area contributed by atoms with E-state index in [0.717, 1.165) is 57.5 Å². The van der Waals surface area contributed by atoms with Crippen LogP contribution in [0, 0.1) is 0 Å². The number of morpholine rings is 1. The van der Waals surface area contributed by atoms with Crippen LogP contribution in [0.4, 0.5) is 5.69 Å². The number of aliphatic imine (C=N–C) groups is 1. The van der Waals surface area contributed by atoms with Gasteiger partial charge in [-0.1, -0.05) is 36.4 Å². The largest absolute Gasteiger partial charge is 0.496 e. The molecule has 2 N–H and O–H groups in total. The third-order valence-electron chi connectivity index (χ3n) is 4.97. The van der Waals surface area contributed by atoms with E-state index >= 15 is 0 Å². The molecule has 1 fully saturated rings. The van der Waals surface area contributed by atoms with Gasteiger partial charge in [0.05, 0.1) is 26.9 Å². The first-order chi connectivity index (χ1) is 14.3. The molecule has 6 nitrogen and oxygen atoms in total. The van der Waals surface area contributed by atoms with E-state index in [1.165, 1.54) is 16.8 Å². The topological polar surface area (TPSA) is 58.1 Å². The molecule has 1 heterocycles. The van der Waals surface area contributed by atoms with Gasteiger partial charge in [-0.3, -0.25) is 0 Å². The van der Waals surface area contributed by atoms with Crippen LogP contribution in [0.1, 0.15) is 18.1 Å². The van der Waals surface area contributed by atoms with E-state index < -0.39 is 0 Å². The summed E-state index contributed by atoms with van der Waals surface area (Å²) in [6, 6.07) is 16.6. The molecule has 3 rings (SSSR count). The molecule has 1 saturated heterocycles. The summed E-state index contributed by atoms with van der Waals surface area (Å²) >= 11 is 0. The van der Waals surface area contributed by atoms with Crippen LogP contribution in [0.5, 0.6) is 5.75 Å². The quantitative estimate of drug-likeness (QED) is 0.315. The Labute approximate surface area is 197 Å². The minimum absolute atomic E-state index is 0. The average molecular weight is 524 g/mol. The SMILES string of the molecule is CCNC(=NCc1ccccc1N1CCOCC1)NCCc1ccccc1OC.I. The summed E-state index contributed by atoms with van der Waals surface area (Å²) in [6.45, 7) is 7.75. The summed E-state index contributed by atoms with van der Waals surface area (Å²) in [5.74, 6) is 1.76. The molecule has 1 aliphatic heterocycles. The van der Waals surface area contributed by atoms with E-state index in [-0.39, 0.29) is 24.0 Å². The third-order valence-corrected chi connectivity index (χ3v) is 4.97. The van der Waals surface area contributed by atoms with Crippen LogP contribution in [0.25, 0.3) is 0 Å². The highest BCUT2D eigenvalue weighted by Crippen LogP contribution is 2.22. The Balaban J connectivity index is 0.00000320. The second-order valence-corrected chi connectivity index (χ2v) is 6.91. The van der Waals surface area contributed by atoms with Gasteiger partial charge in [-0.15, -0.1) is 24.0 Å². The highest BCUT2D eigenvalue weighted by atomic mass is 127. The number of nitrogens with zero attached hydrogens (tertiary/aromatic N) is 2. The van der Waals surface area contributed by atoms with Gasteiger partial charge in [0.15, 0.2) is 5.96 Å². The highest BCUT2D eigenvalue weighted by molar-refractivity contribution is 14.0. The maximum absolute atomic E-state index is 5.49. The van der Waals surface area contributed by atoms with Crippen molar-refractivity contribution in [1.82, 2.24) is 10.6 Å². The first-order valence-corrected chi connectivity index (χ1v) is 10.4. The van der Waals surface area contributed by atoms with Gasteiger partial charge in [-0.25, -0.2) is 4.99 Å². The van der Waals surface area contributed by atoms with Crippen molar-refractivity contribution >= 4 is 35.6 Å². The monoisotopic (exact) mass is 524 g/mol. The molecule has 0 aromatic heterocycles. The van der Waals surface area contributed by atoms with Crippen molar-refractivity contribution in [3.05, 3.63) is 59.7 Å². The fourth-order valence-electron chi connectivity index (χ4n) is 3.49. The molecular weight excluding hydrogens is 491 g/mol. The van der Waals surface area contributed by atoms with Crippen molar-refractivity contribution in [2.45, 2.75) is 19.9 Å². The molecule has 30 heavy (non-hydrogen) atoms. The fourth-order valence-corrected chi connectivity index (χ4v) is 3.49. The molecule has 0 saturated carbocycles. The van der Waals surface area contributed by atoms with Crippen LogP contribution in [0.2, 0.25) is 0 Å². The maximum Gasteiger partial charge on any atom is 0.191 e. The molecular formula is C23H33IN4O2. The zero-order valence-electron chi connectivity index (χ0n) is 17.9. The zero-order chi connectivity index (χ0) is 20.3. The fraction of sp³-hybridized carbons (Fsp3) is 0.435. The number of nitrogens with one attached hydrogen (secondary N) is 2. The summed E-state index contributed by atoms with van der Waals surface area (Å²) in [5.41, 5.74) is 3.68.